The highest BCUT2D eigenvalue weighted by Gasteiger charge is 2.38. The predicted octanol–water partition coefficient (Wildman–Crippen LogP) is 6.16. The Balaban J connectivity index is 2.03. The van der Waals surface area contributed by atoms with Crippen molar-refractivity contribution in [2.75, 3.05) is 5.75 Å². The molecule has 0 heterocycles. The van der Waals surface area contributed by atoms with E-state index in [0.29, 0.717) is 12.8 Å². The number of nitriles is 1. The zero-order valence-corrected chi connectivity index (χ0v) is 19.5. The fraction of sp³-hybridized carbons (Fsp3) is 0.286. The lowest BCUT2D eigenvalue weighted by atomic mass is 9.76. The third-order valence-corrected chi connectivity index (χ3v) is 6.72. The van der Waals surface area contributed by atoms with Crippen LogP contribution in [0.5, 0.6) is 0 Å². The summed E-state index contributed by atoms with van der Waals surface area (Å²) in [5.41, 5.74) is 2.53. The van der Waals surface area contributed by atoms with Crippen LogP contribution in [0.4, 0.5) is 0 Å². The minimum absolute atomic E-state index is 0.0721. The quantitative estimate of drug-likeness (QED) is 0.382. The molecule has 0 saturated carbocycles. The van der Waals surface area contributed by atoms with Crippen LogP contribution in [0.3, 0.4) is 0 Å². The minimum Gasteiger partial charge on any atom is -0.287 e. The molecule has 164 valence electrons. The van der Waals surface area contributed by atoms with Crippen LogP contribution in [0, 0.1) is 17.2 Å². The Morgan fingerprint density at radius 1 is 0.875 bits per heavy atom. The number of nitrogens with zero attached hydrogens (tertiary/aromatic N) is 1. The molecular weight excluding hydrogens is 412 g/mol. The predicted molar refractivity (Wildman–Crippen MR) is 133 cm³/mol. The number of rotatable bonds is 10. The molecule has 3 aromatic carbocycles. The molecule has 0 aliphatic rings. The van der Waals surface area contributed by atoms with Gasteiger partial charge in [-0.25, -0.2) is 0 Å². The summed E-state index contributed by atoms with van der Waals surface area (Å²) in [5, 5.41) is 14.0. The van der Waals surface area contributed by atoms with E-state index in [-0.39, 0.29) is 11.0 Å². The second-order valence-electron chi connectivity index (χ2n) is 7.90. The van der Waals surface area contributed by atoms with Crippen LogP contribution in [-0.2, 0) is 10.3 Å². The molecule has 0 spiro atoms. The van der Waals surface area contributed by atoms with Gasteiger partial charge in [-0.1, -0.05) is 117 Å². The Hall–Kier alpha value is -2.87. The summed E-state index contributed by atoms with van der Waals surface area (Å²) in [6, 6.07) is 32.9. The number of nitrogens with one attached hydrogen (secondary N) is 1. The highest BCUT2D eigenvalue weighted by molar-refractivity contribution is 8.13. The first kappa shape index (κ1) is 23.8. The second-order valence-corrected chi connectivity index (χ2v) is 9.17. The zero-order chi connectivity index (χ0) is 22.8. The Morgan fingerprint density at radius 2 is 1.31 bits per heavy atom. The molecule has 0 radical (unpaired) electrons. The number of hydrogen-bond acceptors (Lipinski definition) is 4. The summed E-state index contributed by atoms with van der Waals surface area (Å²) in [6.45, 7) is 3.95. The smallest absolute Gasteiger partial charge is 0.191 e. The molecule has 0 aromatic heterocycles. The summed E-state index contributed by atoms with van der Waals surface area (Å²) in [7, 11) is 0. The number of hydrogen-bond donors (Lipinski definition) is 1. The van der Waals surface area contributed by atoms with Gasteiger partial charge < -0.3 is 0 Å². The maximum absolute atomic E-state index is 12.3. The fourth-order valence-electron chi connectivity index (χ4n) is 4.06. The summed E-state index contributed by atoms with van der Waals surface area (Å²) in [5.74, 6) is 0.708. The SMILES string of the molecule is CCSC(=O)C(C)CCC(C#N)NC(c1ccccc1)(c1ccccc1)c1ccccc1. The Kier molecular flexibility index (Phi) is 8.67. The van der Waals surface area contributed by atoms with Gasteiger partial charge >= 0.3 is 0 Å². The summed E-state index contributed by atoms with van der Waals surface area (Å²) < 4.78 is 0. The number of carbonyl (C=O) groups excluding carboxylic acids is 1. The second kappa shape index (κ2) is 11.7. The van der Waals surface area contributed by atoms with Gasteiger partial charge in [0.05, 0.1) is 17.6 Å². The first-order valence-electron chi connectivity index (χ1n) is 11.1. The lowest BCUT2D eigenvalue weighted by Crippen LogP contribution is -2.49. The standard InChI is InChI=1S/C28H30N2OS/c1-3-32-27(31)22(2)19-20-26(21-29)30-28(23-13-7-4-8-14-23,24-15-9-5-10-16-24)25-17-11-6-12-18-25/h4-18,22,26,30H,3,19-20H2,1-2H3. The summed E-state index contributed by atoms with van der Waals surface area (Å²) >= 11 is 1.36. The van der Waals surface area contributed by atoms with E-state index in [1.165, 1.54) is 11.8 Å². The van der Waals surface area contributed by atoms with Crippen molar-refractivity contribution in [3.63, 3.8) is 0 Å². The first-order valence-corrected chi connectivity index (χ1v) is 12.1. The molecule has 0 amide bonds. The molecule has 4 heteroatoms. The largest absolute Gasteiger partial charge is 0.287 e. The van der Waals surface area contributed by atoms with Gasteiger partial charge in [-0.2, -0.15) is 5.26 Å². The molecular formula is C28H30N2OS. The van der Waals surface area contributed by atoms with Crippen molar-refractivity contribution in [1.29, 1.82) is 5.26 Å². The van der Waals surface area contributed by atoms with E-state index in [4.69, 9.17) is 0 Å². The lowest BCUT2D eigenvalue weighted by Gasteiger charge is -2.39. The van der Waals surface area contributed by atoms with E-state index in [2.05, 4.69) is 47.8 Å². The molecule has 0 fully saturated rings. The van der Waals surface area contributed by atoms with Gasteiger partial charge in [0.25, 0.3) is 0 Å². The van der Waals surface area contributed by atoms with Crippen molar-refractivity contribution in [2.24, 2.45) is 5.92 Å². The summed E-state index contributed by atoms with van der Waals surface area (Å²) in [4.78, 5) is 12.3. The zero-order valence-electron chi connectivity index (χ0n) is 18.7. The molecule has 2 unspecified atom stereocenters. The third-order valence-electron chi connectivity index (χ3n) is 5.74. The minimum atomic E-state index is -0.685. The Morgan fingerprint density at radius 3 is 1.69 bits per heavy atom. The molecule has 3 aromatic rings. The molecule has 3 rings (SSSR count). The average molecular weight is 443 g/mol. The van der Waals surface area contributed by atoms with E-state index in [9.17, 15) is 10.1 Å². The number of carbonyl (C=O) groups is 1. The van der Waals surface area contributed by atoms with Crippen LogP contribution in [-0.4, -0.2) is 16.9 Å². The van der Waals surface area contributed by atoms with Gasteiger partial charge in [-0.15, -0.1) is 0 Å². The van der Waals surface area contributed by atoms with Gasteiger partial charge in [-0.3, -0.25) is 10.1 Å². The monoisotopic (exact) mass is 442 g/mol. The molecule has 0 saturated heterocycles. The van der Waals surface area contributed by atoms with Crippen molar-refractivity contribution >= 4 is 16.9 Å². The van der Waals surface area contributed by atoms with E-state index in [1.54, 1.807) is 0 Å². The topological polar surface area (TPSA) is 52.9 Å². The molecule has 0 aliphatic carbocycles. The third kappa shape index (κ3) is 5.48. The molecule has 32 heavy (non-hydrogen) atoms. The van der Waals surface area contributed by atoms with Gasteiger partial charge in [0.2, 0.25) is 0 Å². The van der Waals surface area contributed by atoms with Crippen LogP contribution in [0.1, 0.15) is 43.4 Å². The molecule has 2 atom stereocenters. The fourth-order valence-corrected chi connectivity index (χ4v) is 4.75. The summed E-state index contributed by atoms with van der Waals surface area (Å²) in [6.07, 6.45) is 1.27. The van der Waals surface area contributed by atoms with Gasteiger partial charge in [0.15, 0.2) is 5.12 Å². The normalized spacial score (nSPS) is 13.2. The molecule has 0 aliphatic heterocycles. The molecule has 1 N–H and O–H groups in total. The highest BCUT2D eigenvalue weighted by atomic mass is 32.2. The van der Waals surface area contributed by atoms with Gasteiger partial charge in [0, 0.05) is 5.92 Å². The Labute approximate surface area is 195 Å². The number of thioether (sulfide) groups is 1. The Bertz CT molecular complexity index is 919. The molecule has 3 nitrogen and oxygen atoms in total. The van der Waals surface area contributed by atoms with E-state index in [1.807, 2.05) is 68.4 Å². The maximum atomic E-state index is 12.3. The number of benzene rings is 3. The van der Waals surface area contributed by atoms with Gasteiger partial charge in [0.1, 0.15) is 0 Å². The van der Waals surface area contributed by atoms with Crippen LogP contribution in [0.15, 0.2) is 91.0 Å². The van der Waals surface area contributed by atoms with Crippen LogP contribution in [0.2, 0.25) is 0 Å². The van der Waals surface area contributed by atoms with Crippen LogP contribution in [0.25, 0.3) is 0 Å². The maximum Gasteiger partial charge on any atom is 0.191 e. The van der Waals surface area contributed by atoms with Crippen LogP contribution < -0.4 is 5.32 Å². The van der Waals surface area contributed by atoms with Crippen molar-refractivity contribution in [3.05, 3.63) is 108 Å². The van der Waals surface area contributed by atoms with Crippen LogP contribution >= 0.6 is 11.8 Å². The lowest BCUT2D eigenvalue weighted by molar-refractivity contribution is -0.114. The van der Waals surface area contributed by atoms with Crippen molar-refractivity contribution in [3.8, 4) is 6.07 Å². The van der Waals surface area contributed by atoms with E-state index in [0.717, 1.165) is 22.4 Å². The van der Waals surface area contributed by atoms with Crippen molar-refractivity contribution < 1.29 is 4.79 Å². The van der Waals surface area contributed by atoms with E-state index >= 15 is 0 Å². The van der Waals surface area contributed by atoms with Gasteiger partial charge in [-0.05, 0) is 35.3 Å². The van der Waals surface area contributed by atoms with Crippen molar-refractivity contribution in [1.82, 2.24) is 5.32 Å². The van der Waals surface area contributed by atoms with Crippen molar-refractivity contribution in [2.45, 2.75) is 38.3 Å². The highest BCUT2D eigenvalue weighted by Crippen LogP contribution is 2.37. The molecule has 0 bridgehead atoms. The van der Waals surface area contributed by atoms with E-state index < -0.39 is 11.6 Å². The average Bonchev–Trinajstić information content (AvgIpc) is 2.86. The first-order chi connectivity index (χ1) is 15.6.